The van der Waals surface area contributed by atoms with Gasteiger partial charge >= 0.3 is 0 Å². The zero-order valence-electron chi connectivity index (χ0n) is 19.2. The molecule has 1 aliphatic heterocycles. The van der Waals surface area contributed by atoms with Crippen molar-refractivity contribution in [2.24, 2.45) is 7.05 Å². The van der Waals surface area contributed by atoms with Gasteiger partial charge in [0.1, 0.15) is 11.4 Å². The summed E-state index contributed by atoms with van der Waals surface area (Å²) in [5.41, 5.74) is 4.67. The van der Waals surface area contributed by atoms with Crippen molar-refractivity contribution >= 4 is 35.0 Å². The number of hydrogen-bond donors (Lipinski definition) is 1. The minimum atomic E-state index is -0.451. The first-order chi connectivity index (χ1) is 15.7. The lowest BCUT2D eigenvalue weighted by atomic mass is 10.1. The van der Waals surface area contributed by atoms with E-state index in [0.29, 0.717) is 11.3 Å². The highest BCUT2D eigenvalue weighted by molar-refractivity contribution is 8.01. The molecule has 1 N–H and O–H groups in total. The number of aromatic nitrogens is 4. The second-order valence-corrected chi connectivity index (χ2v) is 10.8. The van der Waals surface area contributed by atoms with Crippen LogP contribution in [0.1, 0.15) is 25.2 Å². The van der Waals surface area contributed by atoms with Gasteiger partial charge in [0.15, 0.2) is 16.5 Å². The summed E-state index contributed by atoms with van der Waals surface area (Å²) in [6.07, 6.45) is 3.74. The summed E-state index contributed by atoms with van der Waals surface area (Å²) in [5.74, 6) is 0.523. The van der Waals surface area contributed by atoms with Crippen LogP contribution in [0.3, 0.4) is 0 Å². The molecule has 10 heteroatoms. The first kappa shape index (κ1) is 22.0. The molecular weight excluding hydrogens is 461 g/mol. The SMILES string of the molecule is COc1c(F)cc(-c2cnc3cc4c(cn23)SC(C)(C)O4)cc1NSc1c(C)nn(C)c1C. The molecule has 1 aromatic carbocycles. The fourth-order valence-corrected chi connectivity index (χ4v) is 5.79. The van der Waals surface area contributed by atoms with Crippen molar-refractivity contribution in [3.8, 4) is 22.8 Å². The zero-order chi connectivity index (χ0) is 23.5. The van der Waals surface area contributed by atoms with Crippen LogP contribution in [-0.2, 0) is 7.05 Å². The van der Waals surface area contributed by atoms with Crippen LogP contribution in [0.25, 0.3) is 16.9 Å². The smallest absolute Gasteiger partial charge is 0.178 e. The molecule has 4 heterocycles. The number of benzene rings is 1. The van der Waals surface area contributed by atoms with Crippen LogP contribution in [0, 0.1) is 19.7 Å². The molecule has 4 aromatic rings. The van der Waals surface area contributed by atoms with Gasteiger partial charge in [-0.05, 0) is 51.8 Å². The molecule has 1 aliphatic rings. The van der Waals surface area contributed by atoms with E-state index in [9.17, 15) is 0 Å². The molecule has 0 radical (unpaired) electrons. The summed E-state index contributed by atoms with van der Waals surface area (Å²) in [5, 5.41) is 4.44. The first-order valence-corrected chi connectivity index (χ1v) is 12.0. The second kappa shape index (κ2) is 7.88. The standard InChI is InChI=1S/C23H24FN5O2S2/c1-12-22(13(2)28(5)26-12)33-27-16-8-14(7-15(24)21(16)30-6)17-10-25-20-9-18-19(11-29(17)20)32-23(3,4)31-18/h7-11,27H,1-6H3. The maximum Gasteiger partial charge on any atom is 0.178 e. The van der Waals surface area contributed by atoms with Gasteiger partial charge in [-0.1, -0.05) is 11.8 Å². The third-order valence-electron chi connectivity index (χ3n) is 5.54. The molecule has 172 valence electrons. The molecule has 0 spiro atoms. The number of nitrogens with one attached hydrogen (secondary N) is 1. The van der Waals surface area contributed by atoms with Gasteiger partial charge < -0.3 is 14.2 Å². The number of hydrogen-bond acceptors (Lipinski definition) is 7. The molecule has 0 atom stereocenters. The second-order valence-electron chi connectivity index (χ2n) is 8.34. The predicted molar refractivity (Wildman–Crippen MR) is 130 cm³/mol. The van der Waals surface area contributed by atoms with E-state index in [0.717, 1.165) is 38.3 Å². The molecule has 0 fully saturated rings. The quantitative estimate of drug-likeness (QED) is 0.356. The Bertz CT molecular complexity index is 1400. The number of methoxy groups -OCH3 is 1. The van der Waals surface area contributed by atoms with E-state index in [1.54, 1.807) is 18.0 Å². The Morgan fingerprint density at radius 1 is 1.24 bits per heavy atom. The van der Waals surface area contributed by atoms with Crippen molar-refractivity contribution in [3.63, 3.8) is 0 Å². The van der Waals surface area contributed by atoms with Crippen LogP contribution in [0.2, 0.25) is 0 Å². The molecule has 0 bridgehead atoms. The highest BCUT2D eigenvalue weighted by atomic mass is 32.2. The van der Waals surface area contributed by atoms with Crippen LogP contribution in [0.4, 0.5) is 10.1 Å². The Hall–Kier alpha value is -2.85. The van der Waals surface area contributed by atoms with Crippen molar-refractivity contribution in [2.75, 3.05) is 11.8 Å². The van der Waals surface area contributed by atoms with Crippen LogP contribution in [-0.4, -0.2) is 31.2 Å². The number of ether oxygens (including phenoxy) is 2. The predicted octanol–water partition coefficient (Wildman–Crippen LogP) is 5.84. The third-order valence-corrected chi connectivity index (χ3v) is 7.75. The van der Waals surface area contributed by atoms with Gasteiger partial charge in [-0.15, -0.1) is 0 Å². The lowest BCUT2D eigenvalue weighted by Gasteiger charge is -2.15. The van der Waals surface area contributed by atoms with E-state index < -0.39 is 5.82 Å². The van der Waals surface area contributed by atoms with Gasteiger partial charge in [0, 0.05) is 24.9 Å². The number of pyridine rings is 1. The minimum Gasteiger partial charge on any atom is -0.492 e. The maximum absolute atomic E-state index is 15.1. The number of rotatable bonds is 5. The molecule has 0 amide bonds. The lowest BCUT2D eigenvalue weighted by molar-refractivity contribution is 0.215. The molecule has 0 aliphatic carbocycles. The van der Waals surface area contributed by atoms with E-state index in [1.807, 2.05) is 62.2 Å². The van der Waals surface area contributed by atoms with E-state index in [-0.39, 0.29) is 10.7 Å². The summed E-state index contributed by atoms with van der Waals surface area (Å²) in [6, 6.07) is 5.27. The molecule has 5 rings (SSSR count). The molecular formula is C23H24FN5O2S2. The third kappa shape index (κ3) is 3.80. The largest absolute Gasteiger partial charge is 0.492 e. The van der Waals surface area contributed by atoms with Gasteiger partial charge in [-0.25, -0.2) is 9.37 Å². The zero-order valence-corrected chi connectivity index (χ0v) is 20.8. The molecule has 7 nitrogen and oxygen atoms in total. The van der Waals surface area contributed by atoms with Crippen molar-refractivity contribution in [1.82, 2.24) is 19.2 Å². The topological polar surface area (TPSA) is 65.6 Å². The van der Waals surface area contributed by atoms with Gasteiger partial charge in [0.2, 0.25) is 0 Å². The van der Waals surface area contributed by atoms with Crippen LogP contribution < -0.4 is 14.2 Å². The van der Waals surface area contributed by atoms with Crippen LogP contribution in [0.15, 0.2) is 40.4 Å². The Labute approximate surface area is 199 Å². The normalized spacial score (nSPS) is 14.4. The summed E-state index contributed by atoms with van der Waals surface area (Å²) in [7, 11) is 3.37. The lowest BCUT2D eigenvalue weighted by Crippen LogP contribution is -2.17. The van der Waals surface area contributed by atoms with Crippen molar-refractivity contribution in [2.45, 2.75) is 42.4 Å². The van der Waals surface area contributed by atoms with Gasteiger partial charge in [0.05, 0.1) is 45.9 Å². The number of fused-ring (bicyclic) bond motifs is 2. The molecule has 0 unspecified atom stereocenters. The number of anilines is 1. The average Bonchev–Trinajstić information content (AvgIpc) is 3.36. The average molecular weight is 486 g/mol. The number of halogens is 1. The van der Waals surface area contributed by atoms with Gasteiger partial charge in [-0.2, -0.15) is 5.10 Å². The number of imidazole rings is 1. The Morgan fingerprint density at radius 2 is 2.03 bits per heavy atom. The minimum absolute atomic E-state index is 0.158. The monoisotopic (exact) mass is 485 g/mol. The summed E-state index contributed by atoms with van der Waals surface area (Å²) in [4.78, 5) is 6.22. The van der Waals surface area contributed by atoms with Crippen molar-refractivity contribution < 1.29 is 13.9 Å². The Balaban J connectivity index is 1.54. The molecule has 3 aromatic heterocycles. The van der Waals surface area contributed by atoms with Gasteiger partial charge in [-0.3, -0.25) is 9.08 Å². The maximum atomic E-state index is 15.1. The first-order valence-electron chi connectivity index (χ1n) is 10.4. The number of thioether (sulfide) groups is 1. The fourth-order valence-electron chi connectivity index (χ4n) is 3.94. The van der Waals surface area contributed by atoms with Crippen LogP contribution in [0.5, 0.6) is 11.5 Å². The summed E-state index contributed by atoms with van der Waals surface area (Å²) in [6.45, 7) is 8.01. The summed E-state index contributed by atoms with van der Waals surface area (Å²) < 4.78 is 33.5. The fraction of sp³-hybridized carbons (Fsp3) is 0.304. The Kier molecular flexibility index (Phi) is 5.24. The molecule has 0 saturated heterocycles. The van der Waals surface area contributed by atoms with Crippen molar-refractivity contribution in [1.29, 1.82) is 0 Å². The number of nitrogens with zero attached hydrogens (tertiary/aromatic N) is 4. The molecule has 0 saturated carbocycles. The van der Waals surface area contributed by atoms with Gasteiger partial charge in [0.25, 0.3) is 0 Å². The number of aryl methyl sites for hydroxylation is 2. The van der Waals surface area contributed by atoms with Crippen LogP contribution >= 0.6 is 23.7 Å². The van der Waals surface area contributed by atoms with E-state index in [2.05, 4.69) is 14.8 Å². The van der Waals surface area contributed by atoms with Crippen molar-refractivity contribution in [3.05, 3.63) is 47.8 Å². The molecule has 33 heavy (non-hydrogen) atoms. The Morgan fingerprint density at radius 3 is 2.73 bits per heavy atom. The summed E-state index contributed by atoms with van der Waals surface area (Å²) >= 11 is 3.04. The van der Waals surface area contributed by atoms with E-state index >= 15 is 4.39 Å². The highest BCUT2D eigenvalue weighted by Gasteiger charge is 2.32. The van der Waals surface area contributed by atoms with E-state index in [1.165, 1.54) is 25.1 Å². The highest BCUT2D eigenvalue weighted by Crippen LogP contribution is 2.47. The van der Waals surface area contributed by atoms with E-state index in [4.69, 9.17) is 9.47 Å².